The molecule has 0 bridgehead atoms. The van der Waals surface area contributed by atoms with E-state index in [4.69, 9.17) is 9.84 Å². The van der Waals surface area contributed by atoms with Gasteiger partial charge in [0.1, 0.15) is 0 Å². The fraction of sp³-hybridized carbons (Fsp3) is 0.917. The van der Waals surface area contributed by atoms with E-state index >= 15 is 0 Å². The molecule has 0 aromatic carbocycles. The van der Waals surface area contributed by atoms with Crippen LogP contribution < -0.4 is 0 Å². The summed E-state index contributed by atoms with van der Waals surface area (Å²) in [6.07, 6.45) is 12.3. The Labute approximate surface area is 174 Å². The van der Waals surface area contributed by atoms with E-state index in [2.05, 4.69) is 41.5 Å². The highest BCUT2D eigenvalue weighted by atomic mass is 16.5. The van der Waals surface area contributed by atoms with Crippen LogP contribution in [0.15, 0.2) is 0 Å². The number of rotatable bonds is 16. The summed E-state index contributed by atoms with van der Waals surface area (Å²) < 4.78 is 5.12. The number of hydrogen-bond acceptors (Lipinski definition) is 3. The molecule has 0 aliphatic rings. The number of aliphatic carboxylic acids is 1. The van der Waals surface area contributed by atoms with Gasteiger partial charge in [-0.15, -0.1) is 0 Å². The van der Waals surface area contributed by atoms with Gasteiger partial charge in [0, 0.05) is 6.42 Å². The third-order valence-corrected chi connectivity index (χ3v) is 4.79. The minimum Gasteiger partial charge on any atom is -0.481 e. The van der Waals surface area contributed by atoms with Crippen LogP contribution >= 0.6 is 0 Å². The van der Waals surface area contributed by atoms with Crippen molar-refractivity contribution in [3.05, 3.63) is 0 Å². The van der Waals surface area contributed by atoms with Crippen LogP contribution in [0, 0.1) is 17.8 Å². The molecule has 4 nitrogen and oxygen atoms in total. The quantitative estimate of drug-likeness (QED) is 0.219. The van der Waals surface area contributed by atoms with Gasteiger partial charge < -0.3 is 9.84 Å². The van der Waals surface area contributed by atoms with Crippen LogP contribution in [0.4, 0.5) is 0 Å². The van der Waals surface area contributed by atoms with Crippen LogP contribution in [-0.4, -0.2) is 23.7 Å². The van der Waals surface area contributed by atoms with E-state index < -0.39 is 5.97 Å². The highest BCUT2D eigenvalue weighted by molar-refractivity contribution is 5.69. The Bertz CT molecular complexity index is 364. The molecule has 0 aromatic heterocycles. The smallest absolute Gasteiger partial charge is 0.306 e. The number of ether oxygens (including phenoxy) is 1. The average molecular weight is 401 g/mol. The van der Waals surface area contributed by atoms with E-state index in [1.54, 1.807) is 0 Å². The van der Waals surface area contributed by atoms with E-state index in [-0.39, 0.29) is 11.9 Å². The zero-order valence-corrected chi connectivity index (χ0v) is 19.6. The second kappa shape index (κ2) is 20.7. The molecular formula is C24H48O4. The van der Waals surface area contributed by atoms with Gasteiger partial charge in [0.05, 0.1) is 12.5 Å². The van der Waals surface area contributed by atoms with Crippen LogP contribution in [0.2, 0.25) is 0 Å². The number of esters is 1. The Kier molecular flexibility index (Phi) is 21.5. The van der Waals surface area contributed by atoms with Crippen LogP contribution in [-0.2, 0) is 14.3 Å². The minimum atomic E-state index is -0.617. The second-order valence-electron chi connectivity index (χ2n) is 8.72. The first kappa shape index (κ1) is 29.1. The van der Waals surface area contributed by atoms with Gasteiger partial charge in [0.2, 0.25) is 0 Å². The van der Waals surface area contributed by atoms with Crippen molar-refractivity contribution in [2.75, 3.05) is 6.61 Å². The predicted molar refractivity (Wildman–Crippen MR) is 119 cm³/mol. The van der Waals surface area contributed by atoms with Gasteiger partial charge in [-0.2, -0.15) is 0 Å². The van der Waals surface area contributed by atoms with Gasteiger partial charge in [-0.05, 0) is 37.5 Å². The third kappa shape index (κ3) is 23.0. The van der Waals surface area contributed by atoms with Crippen LogP contribution in [0.3, 0.4) is 0 Å². The average Bonchev–Trinajstić information content (AvgIpc) is 2.61. The van der Waals surface area contributed by atoms with Crippen molar-refractivity contribution in [2.24, 2.45) is 17.8 Å². The molecule has 0 fully saturated rings. The lowest BCUT2D eigenvalue weighted by atomic mass is 9.93. The van der Waals surface area contributed by atoms with Gasteiger partial charge in [-0.25, -0.2) is 0 Å². The molecule has 1 N–H and O–H groups in total. The number of unbranched alkanes of at least 4 members (excludes halogenated alkanes) is 5. The molecule has 1 atom stereocenters. The zero-order chi connectivity index (χ0) is 21.8. The Balaban J connectivity index is 0. The van der Waals surface area contributed by atoms with Gasteiger partial charge in [-0.1, -0.05) is 86.5 Å². The zero-order valence-electron chi connectivity index (χ0n) is 19.6. The standard InChI is InChI=1S/C13H26O2.C11H22O2/c1-4-5-6-7-8-9-13(14)15-11-10-12(2)3;1-4-5-6-10(11(12)13)8-7-9(2)3/h12H,4-11H2,1-3H3;9-10H,4-8H2,1-3H3,(H,12,13). The van der Waals surface area contributed by atoms with Crippen molar-refractivity contribution in [1.82, 2.24) is 0 Å². The number of hydrogen-bond donors (Lipinski definition) is 1. The Morgan fingerprint density at radius 3 is 1.82 bits per heavy atom. The maximum Gasteiger partial charge on any atom is 0.306 e. The molecule has 0 aromatic rings. The second-order valence-corrected chi connectivity index (χ2v) is 8.72. The SMILES string of the molecule is CCCCC(CCC(C)C)C(=O)O.CCCCCCCC(=O)OCCC(C)C. The van der Waals surface area contributed by atoms with E-state index in [9.17, 15) is 9.59 Å². The van der Waals surface area contributed by atoms with Gasteiger partial charge >= 0.3 is 11.9 Å². The molecule has 28 heavy (non-hydrogen) atoms. The lowest BCUT2D eigenvalue weighted by Crippen LogP contribution is -2.14. The summed E-state index contributed by atoms with van der Waals surface area (Å²) in [4.78, 5) is 22.1. The van der Waals surface area contributed by atoms with Crippen LogP contribution in [0.5, 0.6) is 0 Å². The fourth-order valence-corrected chi connectivity index (χ4v) is 2.73. The van der Waals surface area contributed by atoms with Gasteiger partial charge in [0.15, 0.2) is 0 Å². The first-order valence-electron chi connectivity index (χ1n) is 11.6. The summed E-state index contributed by atoms with van der Waals surface area (Å²) in [5, 5.41) is 8.91. The minimum absolute atomic E-state index is 0.0212. The van der Waals surface area contributed by atoms with E-state index in [1.165, 1.54) is 19.3 Å². The van der Waals surface area contributed by atoms with Crippen molar-refractivity contribution in [2.45, 2.75) is 119 Å². The number of carbonyl (C=O) groups excluding carboxylic acids is 1. The Hall–Kier alpha value is -1.06. The van der Waals surface area contributed by atoms with Crippen molar-refractivity contribution in [3.63, 3.8) is 0 Å². The van der Waals surface area contributed by atoms with Crippen LogP contribution in [0.25, 0.3) is 0 Å². The van der Waals surface area contributed by atoms with E-state index in [0.717, 1.165) is 51.4 Å². The van der Waals surface area contributed by atoms with Crippen molar-refractivity contribution in [1.29, 1.82) is 0 Å². The Morgan fingerprint density at radius 1 is 0.750 bits per heavy atom. The first-order chi connectivity index (χ1) is 13.2. The molecule has 0 saturated carbocycles. The maximum atomic E-state index is 11.2. The van der Waals surface area contributed by atoms with E-state index in [1.807, 2.05) is 0 Å². The third-order valence-electron chi connectivity index (χ3n) is 4.79. The summed E-state index contributed by atoms with van der Waals surface area (Å²) in [5.74, 6) is 0.481. The molecule has 0 aliphatic carbocycles. The molecule has 0 saturated heterocycles. The highest BCUT2D eigenvalue weighted by Crippen LogP contribution is 2.18. The number of carboxylic acids is 1. The predicted octanol–water partition coefficient (Wildman–Crippen LogP) is 7.25. The largest absolute Gasteiger partial charge is 0.481 e. The molecule has 4 heteroatoms. The number of carboxylic acid groups (broad SMARTS) is 1. The maximum absolute atomic E-state index is 11.2. The molecule has 0 amide bonds. The molecular weight excluding hydrogens is 352 g/mol. The molecule has 0 radical (unpaired) electrons. The van der Waals surface area contributed by atoms with Gasteiger partial charge in [-0.3, -0.25) is 9.59 Å². The summed E-state index contributed by atoms with van der Waals surface area (Å²) in [6, 6.07) is 0. The van der Waals surface area contributed by atoms with E-state index in [0.29, 0.717) is 24.9 Å². The molecule has 0 aliphatic heterocycles. The highest BCUT2D eigenvalue weighted by Gasteiger charge is 2.16. The Morgan fingerprint density at radius 2 is 1.32 bits per heavy atom. The topological polar surface area (TPSA) is 63.6 Å². The summed E-state index contributed by atoms with van der Waals surface area (Å²) in [7, 11) is 0. The first-order valence-corrected chi connectivity index (χ1v) is 11.6. The summed E-state index contributed by atoms with van der Waals surface area (Å²) >= 11 is 0. The number of carbonyl (C=O) groups is 2. The van der Waals surface area contributed by atoms with Crippen molar-refractivity contribution in [3.8, 4) is 0 Å². The molecule has 0 heterocycles. The fourth-order valence-electron chi connectivity index (χ4n) is 2.73. The summed E-state index contributed by atoms with van der Waals surface area (Å²) in [6.45, 7) is 13.4. The van der Waals surface area contributed by atoms with Crippen molar-refractivity contribution >= 4 is 11.9 Å². The molecule has 168 valence electrons. The lowest BCUT2D eigenvalue weighted by molar-refractivity contribution is -0.144. The molecule has 1 unspecified atom stereocenters. The molecule has 0 rings (SSSR count). The van der Waals surface area contributed by atoms with Gasteiger partial charge in [0.25, 0.3) is 0 Å². The van der Waals surface area contributed by atoms with Crippen molar-refractivity contribution < 1.29 is 19.4 Å². The van der Waals surface area contributed by atoms with Crippen LogP contribution in [0.1, 0.15) is 119 Å². The molecule has 0 spiro atoms. The normalized spacial score (nSPS) is 11.9. The summed E-state index contributed by atoms with van der Waals surface area (Å²) in [5.41, 5.74) is 0. The lowest BCUT2D eigenvalue weighted by Gasteiger charge is -2.12. The monoisotopic (exact) mass is 400 g/mol.